The minimum atomic E-state index is 0.394. The molecule has 0 aromatic heterocycles. The molecule has 2 N–H and O–H groups in total. The summed E-state index contributed by atoms with van der Waals surface area (Å²) in [5.41, 5.74) is 7.68. The number of nitrogens with zero attached hydrogens (tertiary/aromatic N) is 1. The summed E-state index contributed by atoms with van der Waals surface area (Å²) >= 11 is 0. The first-order valence-electron chi connectivity index (χ1n) is 7.24. The third-order valence-electron chi connectivity index (χ3n) is 5.09. The lowest BCUT2D eigenvalue weighted by molar-refractivity contribution is 0.0886. The van der Waals surface area contributed by atoms with Crippen LogP contribution in [0.3, 0.4) is 0 Å². The standard InChI is InChI=1S/C16H24N2/c1-11-12(2)18(9-8-15(11)17)16-10-14(16)13-6-4-3-5-7-13/h3-7,11-12,14-16H,8-10,17H2,1-2H3. The van der Waals surface area contributed by atoms with Gasteiger partial charge in [-0.25, -0.2) is 0 Å². The van der Waals surface area contributed by atoms with Crippen LogP contribution < -0.4 is 5.73 Å². The van der Waals surface area contributed by atoms with Crippen molar-refractivity contribution in [1.29, 1.82) is 0 Å². The predicted molar refractivity (Wildman–Crippen MR) is 75.5 cm³/mol. The lowest BCUT2D eigenvalue weighted by Gasteiger charge is -2.42. The first-order chi connectivity index (χ1) is 8.68. The maximum Gasteiger partial charge on any atom is 0.0174 e. The van der Waals surface area contributed by atoms with E-state index in [1.54, 1.807) is 0 Å². The molecule has 1 aliphatic carbocycles. The minimum absolute atomic E-state index is 0.394. The van der Waals surface area contributed by atoms with Gasteiger partial charge in [0.2, 0.25) is 0 Å². The van der Waals surface area contributed by atoms with Crippen molar-refractivity contribution in [3.05, 3.63) is 35.9 Å². The second kappa shape index (κ2) is 4.67. The molecule has 1 aliphatic heterocycles. The van der Waals surface area contributed by atoms with Crippen molar-refractivity contribution in [2.45, 2.75) is 50.7 Å². The molecule has 3 rings (SSSR count). The van der Waals surface area contributed by atoms with Crippen LogP contribution in [0.5, 0.6) is 0 Å². The third-order valence-corrected chi connectivity index (χ3v) is 5.09. The second-order valence-corrected chi connectivity index (χ2v) is 6.11. The van der Waals surface area contributed by atoms with E-state index in [1.165, 1.54) is 18.5 Å². The van der Waals surface area contributed by atoms with Crippen LogP contribution in [0.25, 0.3) is 0 Å². The maximum absolute atomic E-state index is 6.17. The normalized spacial score (nSPS) is 40.7. The lowest BCUT2D eigenvalue weighted by atomic mass is 9.87. The van der Waals surface area contributed by atoms with E-state index in [0.717, 1.165) is 18.4 Å². The summed E-state index contributed by atoms with van der Waals surface area (Å²) in [5, 5.41) is 0. The number of nitrogens with two attached hydrogens (primary N) is 1. The number of likely N-dealkylation sites (tertiary alicyclic amines) is 1. The molecule has 0 amide bonds. The Kier molecular flexibility index (Phi) is 3.16. The van der Waals surface area contributed by atoms with Gasteiger partial charge in [0.15, 0.2) is 0 Å². The minimum Gasteiger partial charge on any atom is -0.327 e. The Labute approximate surface area is 110 Å². The van der Waals surface area contributed by atoms with Crippen LogP contribution in [0.2, 0.25) is 0 Å². The van der Waals surface area contributed by atoms with Crippen molar-refractivity contribution in [1.82, 2.24) is 4.90 Å². The largest absolute Gasteiger partial charge is 0.327 e. The number of piperidine rings is 1. The first-order valence-corrected chi connectivity index (χ1v) is 7.24. The first kappa shape index (κ1) is 12.2. The fourth-order valence-electron chi connectivity index (χ4n) is 3.50. The third kappa shape index (κ3) is 2.08. The molecule has 0 spiro atoms. The fraction of sp³-hybridized carbons (Fsp3) is 0.625. The molecule has 1 saturated heterocycles. The van der Waals surface area contributed by atoms with Crippen LogP contribution in [-0.4, -0.2) is 29.6 Å². The van der Waals surface area contributed by atoms with Gasteiger partial charge < -0.3 is 5.73 Å². The molecule has 2 aliphatic rings. The molecule has 18 heavy (non-hydrogen) atoms. The number of rotatable bonds is 2. The van der Waals surface area contributed by atoms with Gasteiger partial charge in [-0.2, -0.15) is 0 Å². The molecule has 2 nitrogen and oxygen atoms in total. The molecule has 1 aromatic rings. The van der Waals surface area contributed by atoms with E-state index in [0.29, 0.717) is 18.0 Å². The molecule has 1 saturated carbocycles. The summed E-state index contributed by atoms with van der Waals surface area (Å²) in [7, 11) is 0. The van der Waals surface area contributed by atoms with Crippen molar-refractivity contribution in [3.8, 4) is 0 Å². The van der Waals surface area contributed by atoms with Gasteiger partial charge in [-0.3, -0.25) is 4.90 Å². The van der Waals surface area contributed by atoms with Crippen LogP contribution in [-0.2, 0) is 0 Å². The van der Waals surface area contributed by atoms with Gasteiger partial charge in [0.25, 0.3) is 0 Å². The molecule has 0 radical (unpaired) electrons. The van der Waals surface area contributed by atoms with E-state index < -0.39 is 0 Å². The van der Waals surface area contributed by atoms with Gasteiger partial charge >= 0.3 is 0 Å². The van der Waals surface area contributed by atoms with Gasteiger partial charge in [-0.1, -0.05) is 37.3 Å². The van der Waals surface area contributed by atoms with Crippen molar-refractivity contribution in [3.63, 3.8) is 0 Å². The number of hydrogen-bond donors (Lipinski definition) is 1. The molecule has 98 valence electrons. The highest BCUT2D eigenvalue weighted by Gasteiger charge is 2.46. The molecular weight excluding hydrogens is 220 g/mol. The quantitative estimate of drug-likeness (QED) is 0.866. The Morgan fingerprint density at radius 1 is 1.17 bits per heavy atom. The molecule has 5 unspecified atom stereocenters. The smallest absolute Gasteiger partial charge is 0.0174 e. The van der Waals surface area contributed by atoms with Crippen LogP contribution in [0.15, 0.2) is 30.3 Å². The summed E-state index contributed by atoms with van der Waals surface area (Å²) in [4.78, 5) is 2.70. The number of benzene rings is 1. The number of hydrogen-bond acceptors (Lipinski definition) is 2. The SMILES string of the molecule is CC1C(N)CCN(C2CC2c2ccccc2)C1C. The van der Waals surface area contributed by atoms with Gasteiger partial charge in [0.1, 0.15) is 0 Å². The molecule has 5 atom stereocenters. The average Bonchev–Trinajstić information content (AvgIpc) is 3.17. The average molecular weight is 244 g/mol. The Hall–Kier alpha value is -0.860. The Morgan fingerprint density at radius 2 is 1.89 bits per heavy atom. The zero-order chi connectivity index (χ0) is 12.7. The maximum atomic E-state index is 6.17. The second-order valence-electron chi connectivity index (χ2n) is 6.11. The highest BCUT2D eigenvalue weighted by Crippen LogP contribution is 2.47. The summed E-state index contributed by atoms with van der Waals surface area (Å²) in [6.07, 6.45) is 2.49. The molecule has 1 aromatic carbocycles. The summed E-state index contributed by atoms with van der Waals surface area (Å²) in [6, 6.07) is 12.7. The fourth-order valence-corrected chi connectivity index (χ4v) is 3.50. The van der Waals surface area contributed by atoms with Crippen LogP contribution in [0, 0.1) is 5.92 Å². The van der Waals surface area contributed by atoms with Crippen molar-refractivity contribution in [2.75, 3.05) is 6.54 Å². The van der Waals surface area contributed by atoms with E-state index in [4.69, 9.17) is 5.73 Å². The van der Waals surface area contributed by atoms with E-state index in [-0.39, 0.29) is 0 Å². The van der Waals surface area contributed by atoms with Crippen molar-refractivity contribution < 1.29 is 0 Å². The molecule has 2 fully saturated rings. The Morgan fingerprint density at radius 3 is 2.61 bits per heavy atom. The summed E-state index contributed by atoms with van der Waals surface area (Å²) in [5.74, 6) is 1.38. The highest BCUT2D eigenvalue weighted by atomic mass is 15.2. The Balaban J connectivity index is 1.68. The predicted octanol–water partition coefficient (Wildman–Crippen LogP) is 2.60. The molecule has 2 heteroatoms. The van der Waals surface area contributed by atoms with E-state index in [1.807, 2.05) is 0 Å². The summed E-state index contributed by atoms with van der Waals surface area (Å²) in [6.45, 7) is 5.84. The van der Waals surface area contributed by atoms with E-state index in [9.17, 15) is 0 Å². The van der Waals surface area contributed by atoms with Crippen molar-refractivity contribution in [2.24, 2.45) is 11.7 Å². The molecule has 0 bridgehead atoms. The monoisotopic (exact) mass is 244 g/mol. The summed E-state index contributed by atoms with van der Waals surface area (Å²) < 4.78 is 0. The van der Waals surface area contributed by atoms with E-state index >= 15 is 0 Å². The highest BCUT2D eigenvalue weighted by molar-refractivity contribution is 5.28. The van der Waals surface area contributed by atoms with Gasteiger partial charge in [0.05, 0.1) is 0 Å². The topological polar surface area (TPSA) is 29.3 Å². The van der Waals surface area contributed by atoms with Gasteiger partial charge in [-0.05, 0) is 31.2 Å². The van der Waals surface area contributed by atoms with Gasteiger partial charge in [-0.15, -0.1) is 0 Å². The molecule has 1 heterocycles. The van der Waals surface area contributed by atoms with Gasteiger partial charge in [0, 0.05) is 30.6 Å². The van der Waals surface area contributed by atoms with Crippen LogP contribution in [0.4, 0.5) is 0 Å². The zero-order valence-electron chi connectivity index (χ0n) is 11.4. The lowest BCUT2D eigenvalue weighted by Crippen LogP contribution is -2.52. The van der Waals surface area contributed by atoms with E-state index in [2.05, 4.69) is 49.1 Å². The Bertz CT molecular complexity index is 403. The van der Waals surface area contributed by atoms with Crippen LogP contribution >= 0.6 is 0 Å². The molecular formula is C16H24N2. The van der Waals surface area contributed by atoms with Crippen molar-refractivity contribution >= 4 is 0 Å². The van der Waals surface area contributed by atoms with Crippen LogP contribution in [0.1, 0.15) is 38.2 Å². The zero-order valence-corrected chi connectivity index (χ0v) is 11.4.